The fourth-order valence-electron chi connectivity index (χ4n) is 4.05. The number of benzene rings is 1. The quantitative estimate of drug-likeness (QED) is 0.788. The first-order chi connectivity index (χ1) is 11.3. The Balaban J connectivity index is 1.58. The monoisotopic (exact) mass is 306 g/mol. The van der Waals surface area contributed by atoms with Gasteiger partial charge in [-0.2, -0.15) is 4.98 Å². The van der Waals surface area contributed by atoms with Crippen LogP contribution in [0.4, 0.5) is 0 Å². The Labute approximate surface area is 134 Å². The van der Waals surface area contributed by atoms with Crippen LogP contribution < -0.4 is 5.32 Å². The van der Waals surface area contributed by atoms with Crippen LogP contribution in [0.15, 0.2) is 34.9 Å². The Morgan fingerprint density at radius 2 is 2.17 bits per heavy atom. The lowest BCUT2D eigenvalue weighted by Gasteiger charge is -2.40. The summed E-state index contributed by atoms with van der Waals surface area (Å²) in [5.74, 6) is 2.02. The van der Waals surface area contributed by atoms with Crippen LogP contribution in [0.5, 0.6) is 0 Å². The van der Waals surface area contributed by atoms with E-state index in [0.29, 0.717) is 11.7 Å². The molecule has 0 amide bonds. The minimum Gasteiger partial charge on any atom is -0.338 e. The highest BCUT2D eigenvalue weighted by Crippen LogP contribution is 2.50. The third-order valence-corrected chi connectivity index (χ3v) is 5.56. The van der Waals surface area contributed by atoms with Gasteiger partial charge >= 0.3 is 0 Å². The van der Waals surface area contributed by atoms with E-state index in [-0.39, 0.29) is 5.41 Å². The second-order valence-electron chi connectivity index (χ2n) is 6.79. The van der Waals surface area contributed by atoms with E-state index >= 15 is 0 Å². The predicted molar refractivity (Wildman–Crippen MR) is 87.0 cm³/mol. The molecule has 1 aromatic carbocycles. The maximum absolute atomic E-state index is 5.64. The lowest BCUT2D eigenvalue weighted by molar-refractivity contribution is 0.131. The molecule has 3 heterocycles. The lowest BCUT2D eigenvalue weighted by atomic mass is 9.62. The molecular formula is C18H18N4O. The summed E-state index contributed by atoms with van der Waals surface area (Å²) in [5.41, 5.74) is 3.00. The van der Waals surface area contributed by atoms with Gasteiger partial charge in [-0.25, -0.2) is 4.98 Å². The van der Waals surface area contributed by atoms with Crippen LogP contribution >= 0.6 is 0 Å². The third-order valence-electron chi connectivity index (χ3n) is 5.56. The van der Waals surface area contributed by atoms with E-state index in [4.69, 9.17) is 14.5 Å². The smallest absolute Gasteiger partial charge is 0.234 e. The van der Waals surface area contributed by atoms with E-state index < -0.39 is 0 Å². The lowest BCUT2D eigenvalue weighted by Crippen LogP contribution is -2.43. The average molecular weight is 306 g/mol. The molecule has 23 heavy (non-hydrogen) atoms. The summed E-state index contributed by atoms with van der Waals surface area (Å²) in [4.78, 5) is 9.41. The van der Waals surface area contributed by atoms with Gasteiger partial charge in [-0.1, -0.05) is 23.4 Å². The largest absolute Gasteiger partial charge is 0.338 e. The number of nitrogens with zero attached hydrogens (tertiary/aromatic N) is 3. The molecule has 0 unspecified atom stereocenters. The summed E-state index contributed by atoms with van der Waals surface area (Å²) in [5, 5.41) is 8.84. The SMILES string of the molecule is Cc1cc(-c2noc([C@]34CC[C@H]3CNC4)n2)nc2ccccc12. The number of nitrogens with one attached hydrogen (secondary N) is 1. The molecule has 5 nitrogen and oxygen atoms in total. The molecular weight excluding hydrogens is 288 g/mol. The van der Waals surface area contributed by atoms with Crippen molar-refractivity contribution in [2.75, 3.05) is 13.1 Å². The summed E-state index contributed by atoms with van der Waals surface area (Å²) in [6, 6.07) is 10.2. The van der Waals surface area contributed by atoms with Crippen LogP contribution in [0.2, 0.25) is 0 Å². The van der Waals surface area contributed by atoms with Crippen molar-refractivity contribution >= 4 is 10.9 Å². The molecule has 1 saturated heterocycles. The molecule has 0 radical (unpaired) electrons. The zero-order chi connectivity index (χ0) is 15.4. The van der Waals surface area contributed by atoms with Crippen LogP contribution in [0.25, 0.3) is 22.4 Å². The van der Waals surface area contributed by atoms with Crippen LogP contribution in [0.3, 0.4) is 0 Å². The fraction of sp³-hybridized carbons (Fsp3) is 0.389. The first-order valence-corrected chi connectivity index (χ1v) is 8.18. The highest BCUT2D eigenvalue weighted by molar-refractivity contribution is 5.84. The number of fused-ring (bicyclic) bond motifs is 2. The minimum atomic E-state index is 0.0666. The first kappa shape index (κ1) is 13.2. The zero-order valence-corrected chi connectivity index (χ0v) is 13.0. The number of pyridine rings is 1. The van der Waals surface area contributed by atoms with Crippen LogP contribution in [-0.4, -0.2) is 28.2 Å². The highest BCUT2D eigenvalue weighted by atomic mass is 16.5. The van der Waals surface area contributed by atoms with Gasteiger partial charge in [-0.3, -0.25) is 0 Å². The van der Waals surface area contributed by atoms with Gasteiger partial charge in [-0.05, 0) is 49.9 Å². The van der Waals surface area contributed by atoms with Crippen molar-refractivity contribution in [3.8, 4) is 11.5 Å². The van der Waals surface area contributed by atoms with Gasteiger partial charge in [0.05, 0.1) is 10.9 Å². The molecule has 1 aliphatic carbocycles. The minimum absolute atomic E-state index is 0.0666. The molecule has 116 valence electrons. The van der Waals surface area contributed by atoms with E-state index in [0.717, 1.165) is 42.0 Å². The standard InChI is InChI=1S/C18H18N4O/c1-11-8-15(20-14-5-3-2-4-13(11)14)16-21-17(23-22-16)18-7-6-12(18)9-19-10-18/h2-5,8,12,19H,6-7,9-10H2,1H3/t12-,18-/m0/s1. The van der Waals surface area contributed by atoms with E-state index in [9.17, 15) is 0 Å². The molecule has 2 aliphatic rings. The zero-order valence-electron chi connectivity index (χ0n) is 13.0. The summed E-state index contributed by atoms with van der Waals surface area (Å²) >= 11 is 0. The summed E-state index contributed by atoms with van der Waals surface area (Å²) in [6.07, 6.45) is 2.38. The third kappa shape index (κ3) is 1.80. The Morgan fingerprint density at radius 3 is 3.00 bits per heavy atom. The van der Waals surface area contributed by atoms with E-state index in [1.54, 1.807) is 0 Å². The Hall–Kier alpha value is -2.27. The molecule has 3 aromatic rings. The van der Waals surface area contributed by atoms with Gasteiger partial charge in [0.1, 0.15) is 5.69 Å². The van der Waals surface area contributed by atoms with E-state index in [2.05, 4.69) is 23.5 Å². The molecule has 5 heteroatoms. The maximum Gasteiger partial charge on any atom is 0.234 e. The molecule has 1 aliphatic heterocycles. The second kappa shape index (κ2) is 4.61. The fourth-order valence-corrected chi connectivity index (χ4v) is 4.05. The van der Waals surface area contributed by atoms with Gasteiger partial charge in [0, 0.05) is 11.9 Å². The van der Waals surface area contributed by atoms with Crippen LogP contribution in [0.1, 0.15) is 24.3 Å². The second-order valence-corrected chi connectivity index (χ2v) is 6.79. The molecule has 2 atom stereocenters. The topological polar surface area (TPSA) is 63.8 Å². The van der Waals surface area contributed by atoms with Gasteiger partial charge in [0.25, 0.3) is 0 Å². The molecule has 2 aromatic heterocycles. The van der Waals surface area contributed by atoms with E-state index in [1.165, 1.54) is 12.0 Å². The number of hydrogen-bond acceptors (Lipinski definition) is 5. The van der Waals surface area contributed by atoms with Gasteiger partial charge in [-0.15, -0.1) is 0 Å². The van der Waals surface area contributed by atoms with Gasteiger partial charge in [0.15, 0.2) is 0 Å². The first-order valence-electron chi connectivity index (χ1n) is 8.18. The van der Waals surface area contributed by atoms with Crippen molar-refractivity contribution in [2.45, 2.75) is 25.2 Å². The number of hydrogen-bond donors (Lipinski definition) is 1. The summed E-state index contributed by atoms with van der Waals surface area (Å²) in [7, 11) is 0. The Morgan fingerprint density at radius 1 is 1.26 bits per heavy atom. The number of aryl methyl sites for hydroxylation is 1. The van der Waals surface area contributed by atoms with Crippen molar-refractivity contribution in [1.82, 2.24) is 20.4 Å². The molecule has 1 N–H and O–H groups in total. The molecule has 5 rings (SSSR count). The molecule has 2 fully saturated rings. The number of para-hydroxylation sites is 1. The Kier molecular flexibility index (Phi) is 2.65. The molecule has 0 spiro atoms. The van der Waals surface area contributed by atoms with Gasteiger partial charge in [0.2, 0.25) is 11.7 Å². The summed E-state index contributed by atoms with van der Waals surface area (Å²) in [6.45, 7) is 4.10. The predicted octanol–water partition coefficient (Wildman–Crippen LogP) is 2.84. The molecule has 1 saturated carbocycles. The average Bonchev–Trinajstić information content (AvgIpc) is 3.13. The normalized spacial score (nSPS) is 26.2. The van der Waals surface area contributed by atoms with Crippen LogP contribution in [-0.2, 0) is 5.41 Å². The van der Waals surface area contributed by atoms with E-state index in [1.807, 2.05) is 24.3 Å². The van der Waals surface area contributed by atoms with Crippen molar-refractivity contribution in [3.05, 3.63) is 41.8 Å². The maximum atomic E-state index is 5.64. The highest BCUT2D eigenvalue weighted by Gasteiger charge is 2.55. The van der Waals surface area contributed by atoms with Crippen LogP contribution in [0, 0.1) is 12.8 Å². The van der Waals surface area contributed by atoms with Crippen molar-refractivity contribution in [3.63, 3.8) is 0 Å². The number of aromatic nitrogens is 3. The Bertz CT molecular complexity index is 903. The van der Waals surface area contributed by atoms with Gasteiger partial charge < -0.3 is 9.84 Å². The van der Waals surface area contributed by atoms with Crippen molar-refractivity contribution in [2.24, 2.45) is 5.92 Å². The summed E-state index contributed by atoms with van der Waals surface area (Å²) < 4.78 is 5.64. The molecule has 0 bridgehead atoms. The van der Waals surface area contributed by atoms with Crippen molar-refractivity contribution < 1.29 is 4.52 Å². The van der Waals surface area contributed by atoms with Crippen molar-refractivity contribution in [1.29, 1.82) is 0 Å². The number of rotatable bonds is 2.